The number of carbonyl (C=O) groups is 3. The van der Waals surface area contributed by atoms with Crippen molar-refractivity contribution in [3.63, 3.8) is 0 Å². The first-order valence-corrected chi connectivity index (χ1v) is 18.4. The zero-order chi connectivity index (χ0) is 37.7. The Morgan fingerprint density at radius 2 is 1.71 bits per heavy atom. The fraction of sp³-hybridized carbons (Fsp3) is 0.525. The van der Waals surface area contributed by atoms with Gasteiger partial charge in [0.25, 0.3) is 0 Å². The number of aromatic amines is 1. The van der Waals surface area contributed by atoms with Gasteiger partial charge in [0.05, 0.1) is 45.4 Å². The summed E-state index contributed by atoms with van der Waals surface area (Å²) >= 11 is 0. The third kappa shape index (κ3) is 7.92. The highest BCUT2D eigenvalue weighted by Gasteiger charge is 2.42. The van der Waals surface area contributed by atoms with E-state index >= 15 is 0 Å². The van der Waals surface area contributed by atoms with Gasteiger partial charge in [-0.1, -0.05) is 20.8 Å². The monoisotopic (exact) mass is 717 g/mol. The molecule has 12 nitrogen and oxygen atoms in total. The van der Waals surface area contributed by atoms with Gasteiger partial charge in [-0.25, -0.2) is 0 Å². The predicted octanol–water partition coefficient (Wildman–Crippen LogP) is 4.77. The van der Waals surface area contributed by atoms with Crippen LogP contribution in [0.25, 0.3) is 12.2 Å². The molecule has 0 spiro atoms. The molecule has 12 heteroatoms. The van der Waals surface area contributed by atoms with Crippen molar-refractivity contribution in [3.8, 4) is 0 Å². The Balaban J connectivity index is 1.74. The first-order valence-electron chi connectivity index (χ1n) is 18.4. The zero-order valence-corrected chi connectivity index (χ0v) is 31.8. The Kier molecular flexibility index (Phi) is 12.5. The average Bonchev–Trinajstić information content (AvgIpc) is 3.80. The summed E-state index contributed by atoms with van der Waals surface area (Å²) in [5.41, 5.74) is 12.2. The van der Waals surface area contributed by atoms with Crippen molar-refractivity contribution in [2.75, 3.05) is 40.6 Å². The number of fused-ring (bicyclic) bond motifs is 8. The molecule has 4 unspecified atom stereocenters. The predicted molar refractivity (Wildman–Crippen MR) is 201 cm³/mol. The summed E-state index contributed by atoms with van der Waals surface area (Å²) < 4.78 is 15.9. The molecule has 0 aliphatic carbocycles. The summed E-state index contributed by atoms with van der Waals surface area (Å²) in [4.78, 5) is 43.0. The van der Waals surface area contributed by atoms with Crippen molar-refractivity contribution in [2.24, 2.45) is 11.8 Å². The number of methoxy groups -OCH3 is 2. The molecule has 4 aliphatic rings. The lowest BCUT2D eigenvalue weighted by molar-refractivity contribution is -0.140. The molecule has 52 heavy (non-hydrogen) atoms. The van der Waals surface area contributed by atoms with Crippen molar-refractivity contribution >= 4 is 30.0 Å². The van der Waals surface area contributed by atoms with E-state index in [1.165, 1.54) is 23.8 Å². The molecule has 4 aliphatic heterocycles. The molecular weight excluding hydrogens is 662 g/mol. The summed E-state index contributed by atoms with van der Waals surface area (Å²) in [5, 5.41) is 23.9. The van der Waals surface area contributed by atoms with E-state index in [0.717, 1.165) is 58.2 Å². The fourth-order valence-electron chi connectivity index (χ4n) is 7.98. The lowest BCUT2D eigenvalue weighted by Gasteiger charge is -2.25. The third-order valence-electron chi connectivity index (χ3n) is 10.9. The molecule has 4 atom stereocenters. The molecule has 5 rings (SSSR count). The van der Waals surface area contributed by atoms with Crippen LogP contribution in [0.1, 0.15) is 82.8 Å². The zero-order valence-electron chi connectivity index (χ0n) is 31.8. The van der Waals surface area contributed by atoms with Crippen molar-refractivity contribution < 1.29 is 33.7 Å². The minimum atomic E-state index is -0.893. The van der Waals surface area contributed by atoms with E-state index in [2.05, 4.69) is 79.1 Å². The topological polar surface area (TPSA) is 163 Å². The van der Waals surface area contributed by atoms with E-state index in [-0.39, 0.29) is 43.2 Å². The second kappa shape index (κ2) is 16.9. The van der Waals surface area contributed by atoms with E-state index in [1.807, 2.05) is 6.92 Å². The lowest BCUT2D eigenvalue weighted by atomic mass is 9.83. The Hall–Kier alpha value is -4.55. The minimum Gasteiger partial charge on any atom is -0.481 e. The van der Waals surface area contributed by atoms with Crippen LogP contribution < -0.4 is 21.3 Å². The molecular formula is C40H55N5O7. The number of carboxylic acid groups (broad SMARTS) is 1. The molecule has 1 saturated heterocycles. The molecule has 1 amide bonds. The quantitative estimate of drug-likeness (QED) is 0.117. The van der Waals surface area contributed by atoms with E-state index in [9.17, 15) is 19.5 Å². The van der Waals surface area contributed by atoms with Crippen molar-refractivity contribution in [1.29, 1.82) is 0 Å². The maximum absolute atomic E-state index is 14.2. The highest BCUT2D eigenvalue weighted by molar-refractivity contribution is 5.99. The number of H-pyrrole nitrogens is 1. The van der Waals surface area contributed by atoms with Crippen LogP contribution in [0.5, 0.6) is 0 Å². The Morgan fingerprint density at radius 1 is 0.962 bits per heavy atom. The van der Waals surface area contributed by atoms with Gasteiger partial charge >= 0.3 is 11.9 Å². The highest BCUT2D eigenvalue weighted by atomic mass is 16.5. The van der Waals surface area contributed by atoms with Gasteiger partial charge in [0.1, 0.15) is 0 Å². The van der Waals surface area contributed by atoms with Crippen LogP contribution in [-0.2, 0) is 35.0 Å². The second-order valence-electron chi connectivity index (χ2n) is 13.9. The SMILES string of the molecule is CCC1=C(C)C2/C=C3\N/C(=C(/CC(=O)OC)C4N/C(=C\c5[nH]c(c(C)c5CC)C=C1N2)C(C)=C4C(=O)NCCOCCOC)C(CCC(=O)O)C3C. The number of rotatable bonds is 14. The number of carboxylic acids is 1. The summed E-state index contributed by atoms with van der Waals surface area (Å²) in [7, 11) is 2.95. The summed E-state index contributed by atoms with van der Waals surface area (Å²) in [6.45, 7) is 14.1. The highest BCUT2D eigenvalue weighted by Crippen LogP contribution is 2.43. The minimum absolute atomic E-state index is 0.0466. The van der Waals surface area contributed by atoms with Crippen molar-refractivity contribution in [2.45, 2.75) is 85.7 Å². The number of allylic oxidation sites excluding steroid dienone is 4. The van der Waals surface area contributed by atoms with Crippen LogP contribution in [0.4, 0.5) is 0 Å². The summed E-state index contributed by atoms with van der Waals surface area (Å²) in [5.74, 6) is -1.97. The molecule has 5 heterocycles. The van der Waals surface area contributed by atoms with E-state index in [4.69, 9.17) is 14.2 Å². The molecule has 1 fully saturated rings. The van der Waals surface area contributed by atoms with Crippen LogP contribution in [0.3, 0.4) is 0 Å². The number of amides is 1. The van der Waals surface area contributed by atoms with Gasteiger partial charge in [-0.3, -0.25) is 14.4 Å². The Labute approximate surface area is 306 Å². The number of ether oxygens (including phenoxy) is 3. The fourth-order valence-corrected chi connectivity index (χ4v) is 7.98. The maximum atomic E-state index is 14.2. The first-order chi connectivity index (χ1) is 24.9. The molecule has 0 radical (unpaired) electrons. The van der Waals surface area contributed by atoms with E-state index in [0.29, 0.717) is 37.4 Å². The van der Waals surface area contributed by atoms with Crippen LogP contribution in [0, 0.1) is 18.8 Å². The molecule has 1 aromatic heterocycles. The standard InChI is InChI=1S/C40H55N5O7/c1-9-25-21(3)29-18-31-23(5)27(11-12-35(46)47)38(44-31)28(17-36(48)51-8)39-37(40(49)41-13-14-52-16-15-50-7)24(6)32(45-39)20-34-26(10-2)22(4)30(43-34)19-33(25)42-29/h18-20,23,27,29,39,42-45H,9-17H2,1-8H3,(H,41,49)(H,46,47)/b31-18-,32-20-,33-19?,38-28-. The normalized spacial score (nSPS) is 25.8. The van der Waals surface area contributed by atoms with E-state index in [1.54, 1.807) is 7.11 Å². The number of nitrogens with one attached hydrogen (secondary N) is 5. The van der Waals surface area contributed by atoms with Crippen molar-refractivity contribution in [1.82, 2.24) is 26.3 Å². The van der Waals surface area contributed by atoms with Crippen molar-refractivity contribution in [3.05, 3.63) is 79.2 Å². The van der Waals surface area contributed by atoms with Gasteiger partial charge in [-0.2, -0.15) is 0 Å². The Bertz CT molecular complexity index is 1770. The van der Waals surface area contributed by atoms with Gasteiger partial charge < -0.3 is 45.6 Å². The van der Waals surface area contributed by atoms with Crippen LogP contribution in [0.15, 0.2) is 56.7 Å². The number of aromatic nitrogens is 1. The smallest absolute Gasteiger partial charge is 0.309 e. The number of carbonyl (C=O) groups excluding carboxylic acids is 2. The van der Waals surface area contributed by atoms with Gasteiger partial charge in [-0.15, -0.1) is 0 Å². The van der Waals surface area contributed by atoms with Gasteiger partial charge in [0.15, 0.2) is 0 Å². The molecule has 282 valence electrons. The molecule has 1 aromatic rings. The lowest BCUT2D eigenvalue weighted by Crippen LogP contribution is -2.38. The largest absolute Gasteiger partial charge is 0.481 e. The van der Waals surface area contributed by atoms with Crippen LogP contribution >= 0.6 is 0 Å². The number of hydrogen-bond donors (Lipinski definition) is 6. The second-order valence-corrected chi connectivity index (χ2v) is 13.9. The van der Waals surface area contributed by atoms with Gasteiger partial charge in [0.2, 0.25) is 5.91 Å². The van der Waals surface area contributed by atoms with E-state index < -0.39 is 18.0 Å². The first kappa shape index (κ1) is 38.7. The molecule has 0 saturated carbocycles. The van der Waals surface area contributed by atoms with Gasteiger partial charge in [-0.05, 0) is 91.7 Å². The van der Waals surface area contributed by atoms with Crippen LogP contribution in [0.2, 0.25) is 0 Å². The molecule has 8 bridgehead atoms. The summed E-state index contributed by atoms with van der Waals surface area (Å²) in [6, 6.07) is -0.784. The molecule has 6 N–H and O–H groups in total. The summed E-state index contributed by atoms with van der Waals surface area (Å²) in [6.07, 6.45) is 8.31. The third-order valence-corrected chi connectivity index (χ3v) is 10.9. The molecule has 0 aromatic carbocycles. The number of aliphatic carboxylic acids is 1. The Morgan fingerprint density at radius 3 is 2.38 bits per heavy atom. The van der Waals surface area contributed by atoms with Gasteiger partial charge in [0, 0.05) is 71.7 Å². The number of esters is 1. The maximum Gasteiger partial charge on any atom is 0.309 e. The number of hydrogen-bond acceptors (Lipinski definition) is 9. The average molecular weight is 718 g/mol. The van der Waals surface area contributed by atoms with Crippen LogP contribution in [-0.4, -0.2) is 80.6 Å².